The molecule has 6 N–H and O–H groups in total. The van der Waals surface area contributed by atoms with E-state index in [4.69, 9.17) is 26.7 Å². The number of allylic oxidation sites excluding steroid dienone is 2. The summed E-state index contributed by atoms with van der Waals surface area (Å²) in [6, 6.07) is 16.2. The maximum absolute atomic E-state index is 6.26. The Bertz CT molecular complexity index is 915. The Labute approximate surface area is 177 Å². The van der Waals surface area contributed by atoms with Gasteiger partial charge in [-0.05, 0) is 67.7 Å². The molecule has 6 heteroatoms. The van der Waals surface area contributed by atoms with Crippen LogP contribution >= 0.6 is 0 Å². The van der Waals surface area contributed by atoms with Crippen LogP contribution in [0.3, 0.4) is 0 Å². The molecule has 2 aliphatic rings. The SMILES string of the molecule is NCc1ccc(Oc2cccc(OC3=CC=C(N)N(C4CCC(N)CC4)C3)c2)cc1. The number of hydrogen-bond donors (Lipinski definition) is 3. The summed E-state index contributed by atoms with van der Waals surface area (Å²) in [6.45, 7) is 1.18. The second-order valence-electron chi connectivity index (χ2n) is 7.95. The van der Waals surface area contributed by atoms with Crippen molar-refractivity contribution in [3.05, 3.63) is 77.8 Å². The summed E-state index contributed by atoms with van der Waals surface area (Å²) in [6.07, 6.45) is 8.08. The first-order valence-corrected chi connectivity index (χ1v) is 10.5. The van der Waals surface area contributed by atoms with E-state index in [-0.39, 0.29) is 0 Å². The molecule has 30 heavy (non-hydrogen) atoms. The van der Waals surface area contributed by atoms with E-state index in [1.54, 1.807) is 0 Å². The fourth-order valence-corrected chi connectivity index (χ4v) is 3.99. The molecule has 0 saturated heterocycles. The highest BCUT2D eigenvalue weighted by molar-refractivity contribution is 5.38. The van der Waals surface area contributed by atoms with Gasteiger partial charge < -0.3 is 31.6 Å². The van der Waals surface area contributed by atoms with Crippen molar-refractivity contribution in [1.29, 1.82) is 0 Å². The Morgan fingerprint density at radius 2 is 1.57 bits per heavy atom. The minimum absolute atomic E-state index is 0.316. The third-order valence-corrected chi connectivity index (χ3v) is 5.73. The van der Waals surface area contributed by atoms with Gasteiger partial charge in [0.1, 0.15) is 23.0 Å². The lowest BCUT2D eigenvalue weighted by Crippen LogP contribution is -2.44. The smallest absolute Gasteiger partial charge is 0.131 e. The summed E-state index contributed by atoms with van der Waals surface area (Å²) >= 11 is 0. The zero-order valence-corrected chi connectivity index (χ0v) is 17.2. The van der Waals surface area contributed by atoms with E-state index in [0.29, 0.717) is 25.2 Å². The van der Waals surface area contributed by atoms with Crippen LogP contribution in [0, 0.1) is 0 Å². The van der Waals surface area contributed by atoms with Crippen molar-refractivity contribution in [2.45, 2.75) is 44.3 Å². The van der Waals surface area contributed by atoms with E-state index in [1.807, 2.05) is 60.7 Å². The number of benzene rings is 2. The van der Waals surface area contributed by atoms with Crippen molar-refractivity contribution < 1.29 is 9.47 Å². The van der Waals surface area contributed by atoms with E-state index < -0.39 is 0 Å². The normalized spacial score (nSPS) is 21.6. The first-order chi connectivity index (χ1) is 14.6. The zero-order chi connectivity index (χ0) is 20.9. The lowest BCUT2D eigenvalue weighted by molar-refractivity contribution is 0.181. The van der Waals surface area contributed by atoms with Gasteiger partial charge >= 0.3 is 0 Å². The van der Waals surface area contributed by atoms with Gasteiger partial charge in [0, 0.05) is 24.7 Å². The lowest BCUT2D eigenvalue weighted by Gasteiger charge is -2.39. The second kappa shape index (κ2) is 9.24. The molecule has 2 aromatic rings. The first kappa shape index (κ1) is 20.3. The number of nitrogens with two attached hydrogens (primary N) is 3. The van der Waals surface area contributed by atoms with Crippen LogP contribution in [0.1, 0.15) is 31.2 Å². The molecular formula is C24H30N4O2. The van der Waals surface area contributed by atoms with Crippen LogP contribution in [0.15, 0.2) is 72.3 Å². The van der Waals surface area contributed by atoms with Gasteiger partial charge in [0.25, 0.3) is 0 Å². The van der Waals surface area contributed by atoms with Gasteiger partial charge in [0.2, 0.25) is 0 Å². The van der Waals surface area contributed by atoms with Gasteiger partial charge in [-0.2, -0.15) is 0 Å². The minimum atomic E-state index is 0.316. The van der Waals surface area contributed by atoms with Crippen molar-refractivity contribution in [2.24, 2.45) is 17.2 Å². The Hall–Kier alpha value is -2.96. The van der Waals surface area contributed by atoms with Gasteiger partial charge in [-0.15, -0.1) is 0 Å². The largest absolute Gasteiger partial charge is 0.460 e. The lowest BCUT2D eigenvalue weighted by atomic mass is 9.90. The van der Waals surface area contributed by atoms with Crippen LogP contribution in [0.5, 0.6) is 17.2 Å². The molecular weight excluding hydrogens is 376 g/mol. The summed E-state index contributed by atoms with van der Waals surface area (Å²) in [7, 11) is 0. The average Bonchev–Trinajstić information content (AvgIpc) is 2.77. The fraction of sp³-hybridized carbons (Fsp3) is 0.333. The summed E-state index contributed by atoms with van der Waals surface area (Å²) in [5.41, 5.74) is 19.0. The summed E-state index contributed by atoms with van der Waals surface area (Å²) in [5.74, 6) is 3.87. The Morgan fingerprint density at radius 1 is 0.867 bits per heavy atom. The molecule has 0 amide bonds. The topological polar surface area (TPSA) is 99.8 Å². The molecule has 1 aliphatic carbocycles. The van der Waals surface area contributed by atoms with Crippen molar-refractivity contribution in [1.82, 2.24) is 4.90 Å². The monoisotopic (exact) mass is 406 g/mol. The predicted molar refractivity (Wildman–Crippen MR) is 119 cm³/mol. The highest BCUT2D eigenvalue weighted by atomic mass is 16.5. The predicted octanol–water partition coefficient (Wildman–Crippen LogP) is 3.59. The summed E-state index contributed by atoms with van der Waals surface area (Å²) in [5, 5.41) is 0. The van der Waals surface area contributed by atoms with E-state index in [1.165, 1.54) is 0 Å². The van der Waals surface area contributed by atoms with Crippen LogP contribution in [0.4, 0.5) is 0 Å². The maximum Gasteiger partial charge on any atom is 0.131 e. The summed E-state index contributed by atoms with van der Waals surface area (Å²) in [4.78, 5) is 2.24. The molecule has 1 saturated carbocycles. The molecule has 4 rings (SSSR count). The quantitative estimate of drug-likeness (QED) is 0.678. The van der Waals surface area contributed by atoms with Crippen molar-refractivity contribution in [3.63, 3.8) is 0 Å². The molecule has 1 aliphatic heterocycles. The molecule has 0 bridgehead atoms. The van der Waals surface area contributed by atoms with Gasteiger partial charge in [-0.1, -0.05) is 18.2 Å². The molecule has 0 radical (unpaired) electrons. The molecule has 0 atom stereocenters. The van der Waals surface area contributed by atoms with Crippen molar-refractivity contribution in [3.8, 4) is 17.2 Å². The molecule has 1 heterocycles. The Balaban J connectivity index is 1.40. The van der Waals surface area contributed by atoms with Crippen LogP contribution in [-0.2, 0) is 6.54 Å². The number of nitrogens with zero attached hydrogens (tertiary/aromatic N) is 1. The van der Waals surface area contributed by atoms with Crippen LogP contribution < -0.4 is 26.7 Å². The van der Waals surface area contributed by atoms with Gasteiger partial charge in [-0.3, -0.25) is 0 Å². The first-order valence-electron chi connectivity index (χ1n) is 10.5. The van der Waals surface area contributed by atoms with Gasteiger partial charge in [0.15, 0.2) is 0 Å². The maximum atomic E-state index is 6.26. The van der Waals surface area contributed by atoms with E-state index in [9.17, 15) is 0 Å². The van der Waals surface area contributed by atoms with Gasteiger partial charge in [-0.25, -0.2) is 0 Å². The number of rotatable bonds is 6. The molecule has 2 aromatic carbocycles. The standard InChI is InChI=1S/C24H30N4O2/c25-15-17-4-10-20(11-5-17)29-21-2-1-3-22(14-21)30-23-12-13-24(27)28(16-23)19-8-6-18(26)7-9-19/h1-5,10-14,18-19H,6-9,15-16,25-27H2. The third-order valence-electron chi connectivity index (χ3n) is 5.73. The molecule has 0 aromatic heterocycles. The van der Waals surface area contributed by atoms with E-state index in [0.717, 1.165) is 60.1 Å². The van der Waals surface area contributed by atoms with Crippen molar-refractivity contribution in [2.75, 3.05) is 6.54 Å². The van der Waals surface area contributed by atoms with Crippen LogP contribution in [0.25, 0.3) is 0 Å². The molecule has 0 unspecified atom stereocenters. The highest BCUT2D eigenvalue weighted by Gasteiger charge is 2.27. The Kier molecular flexibility index (Phi) is 6.26. The third kappa shape index (κ3) is 4.96. The zero-order valence-electron chi connectivity index (χ0n) is 17.2. The molecule has 6 nitrogen and oxygen atoms in total. The van der Waals surface area contributed by atoms with Gasteiger partial charge in [0.05, 0.1) is 12.4 Å². The molecule has 158 valence electrons. The Morgan fingerprint density at radius 3 is 2.27 bits per heavy atom. The van der Waals surface area contributed by atoms with E-state index >= 15 is 0 Å². The summed E-state index contributed by atoms with van der Waals surface area (Å²) < 4.78 is 12.1. The fourth-order valence-electron chi connectivity index (χ4n) is 3.99. The van der Waals surface area contributed by atoms with Crippen LogP contribution in [-0.4, -0.2) is 23.5 Å². The average molecular weight is 407 g/mol. The van der Waals surface area contributed by atoms with Crippen LogP contribution in [0.2, 0.25) is 0 Å². The number of hydrogen-bond acceptors (Lipinski definition) is 6. The highest BCUT2D eigenvalue weighted by Crippen LogP contribution is 2.29. The minimum Gasteiger partial charge on any atom is -0.460 e. The second-order valence-corrected chi connectivity index (χ2v) is 7.95. The van der Waals surface area contributed by atoms with Crippen molar-refractivity contribution >= 4 is 0 Å². The molecule has 0 spiro atoms. The molecule has 1 fully saturated rings. The van der Waals surface area contributed by atoms with E-state index in [2.05, 4.69) is 4.90 Å². The number of ether oxygens (including phenoxy) is 2.